The van der Waals surface area contributed by atoms with E-state index in [1.165, 1.54) is 6.07 Å². The molecule has 0 atom stereocenters. The second-order valence-corrected chi connectivity index (χ2v) is 7.32. The quantitative estimate of drug-likeness (QED) is 0.683. The second-order valence-electron chi connectivity index (χ2n) is 7.32. The number of methoxy groups -OCH3 is 2. The zero-order valence-electron chi connectivity index (χ0n) is 17.9. The van der Waals surface area contributed by atoms with Crippen LogP contribution in [0.4, 0.5) is 0 Å². The summed E-state index contributed by atoms with van der Waals surface area (Å²) in [5, 5.41) is 0. The van der Waals surface area contributed by atoms with E-state index in [-0.39, 0.29) is 17.6 Å². The van der Waals surface area contributed by atoms with Gasteiger partial charge in [-0.1, -0.05) is 6.07 Å². The predicted molar refractivity (Wildman–Crippen MR) is 115 cm³/mol. The van der Waals surface area contributed by atoms with Gasteiger partial charge in [-0.2, -0.15) is 0 Å². The Labute approximate surface area is 176 Å². The average Bonchev–Trinajstić information content (AvgIpc) is 2.76. The normalized spacial score (nSPS) is 14.7. The third kappa shape index (κ3) is 5.03. The molecule has 0 saturated carbocycles. The molecule has 1 aromatic carbocycles. The lowest BCUT2D eigenvalue weighted by Gasteiger charge is -2.31. The van der Waals surface area contributed by atoms with Crippen LogP contribution < -0.4 is 19.8 Å². The van der Waals surface area contributed by atoms with Crippen LogP contribution in [0.25, 0.3) is 6.08 Å². The topological polar surface area (TPSA) is 70.0 Å². The molecule has 2 aromatic rings. The second kappa shape index (κ2) is 9.52. The molecule has 1 aromatic heterocycles. The van der Waals surface area contributed by atoms with Crippen molar-refractivity contribution in [3.8, 4) is 17.2 Å². The lowest BCUT2D eigenvalue weighted by molar-refractivity contribution is -0.127. The highest BCUT2D eigenvalue weighted by molar-refractivity contribution is 5.92. The van der Waals surface area contributed by atoms with Gasteiger partial charge in [-0.15, -0.1) is 0 Å². The molecular formula is C23H28N2O5. The first-order valence-corrected chi connectivity index (χ1v) is 9.94. The molecule has 3 rings (SSSR count). The van der Waals surface area contributed by atoms with Gasteiger partial charge in [-0.25, -0.2) is 0 Å². The first-order chi connectivity index (χ1) is 14.4. The van der Waals surface area contributed by atoms with E-state index < -0.39 is 0 Å². The van der Waals surface area contributed by atoms with Gasteiger partial charge in [0.25, 0.3) is 5.56 Å². The third-order valence-corrected chi connectivity index (χ3v) is 5.36. The Morgan fingerprint density at radius 1 is 1.07 bits per heavy atom. The van der Waals surface area contributed by atoms with Gasteiger partial charge in [0, 0.05) is 50.8 Å². The molecule has 1 amide bonds. The van der Waals surface area contributed by atoms with Crippen LogP contribution in [0, 0.1) is 6.92 Å². The van der Waals surface area contributed by atoms with Crippen molar-refractivity contribution in [2.75, 3.05) is 27.3 Å². The number of nitrogens with zero attached hydrogens (tertiary/aromatic N) is 2. The molecule has 0 unspecified atom stereocenters. The van der Waals surface area contributed by atoms with Crippen molar-refractivity contribution in [3.63, 3.8) is 0 Å². The first kappa shape index (κ1) is 21.5. The van der Waals surface area contributed by atoms with E-state index in [0.29, 0.717) is 30.3 Å². The highest BCUT2D eigenvalue weighted by Crippen LogP contribution is 2.28. The summed E-state index contributed by atoms with van der Waals surface area (Å²) in [5.41, 5.74) is 1.63. The van der Waals surface area contributed by atoms with Gasteiger partial charge in [0.2, 0.25) is 5.91 Å². The number of hydrogen-bond acceptors (Lipinski definition) is 5. The summed E-state index contributed by atoms with van der Waals surface area (Å²) in [6.45, 7) is 3.10. The zero-order valence-corrected chi connectivity index (χ0v) is 17.9. The SMILES string of the molecule is COc1ccc(/C=C/C(=O)N2CCC(Oc3cc(C)n(C)c(=O)c3)CC2)cc1OC. The maximum absolute atomic E-state index is 12.5. The summed E-state index contributed by atoms with van der Waals surface area (Å²) in [5.74, 6) is 1.83. The number of carbonyl (C=O) groups is 1. The van der Waals surface area contributed by atoms with Crippen LogP contribution in [-0.4, -0.2) is 48.8 Å². The molecule has 0 aliphatic carbocycles. The summed E-state index contributed by atoms with van der Waals surface area (Å²) in [4.78, 5) is 26.3. The molecule has 1 aliphatic heterocycles. The molecule has 30 heavy (non-hydrogen) atoms. The van der Waals surface area contributed by atoms with E-state index in [1.807, 2.05) is 36.1 Å². The predicted octanol–water partition coefficient (Wildman–Crippen LogP) is 2.79. The Morgan fingerprint density at radius 2 is 1.77 bits per heavy atom. The van der Waals surface area contributed by atoms with Gasteiger partial charge in [-0.3, -0.25) is 9.59 Å². The van der Waals surface area contributed by atoms with E-state index in [2.05, 4.69) is 0 Å². The number of ether oxygens (including phenoxy) is 3. The molecule has 7 heteroatoms. The number of pyridine rings is 1. The van der Waals surface area contributed by atoms with Gasteiger partial charge < -0.3 is 23.7 Å². The molecular weight excluding hydrogens is 384 g/mol. The molecule has 160 valence electrons. The van der Waals surface area contributed by atoms with Crippen molar-refractivity contribution in [2.45, 2.75) is 25.9 Å². The van der Waals surface area contributed by atoms with E-state index in [4.69, 9.17) is 14.2 Å². The van der Waals surface area contributed by atoms with Crippen LogP contribution in [0.3, 0.4) is 0 Å². The Balaban J connectivity index is 1.55. The zero-order chi connectivity index (χ0) is 21.7. The maximum atomic E-state index is 12.5. The van der Waals surface area contributed by atoms with E-state index in [9.17, 15) is 9.59 Å². The van der Waals surface area contributed by atoms with E-state index in [1.54, 1.807) is 38.0 Å². The van der Waals surface area contributed by atoms with Crippen LogP contribution in [0.2, 0.25) is 0 Å². The van der Waals surface area contributed by atoms with Crippen molar-refractivity contribution in [3.05, 3.63) is 58.0 Å². The standard InChI is InChI=1S/C23H28N2O5/c1-16-13-19(15-23(27)24(16)2)30-18-9-11-25(12-10-18)22(26)8-6-17-5-7-20(28-3)21(14-17)29-4/h5-8,13-15,18H,9-12H2,1-4H3/b8-6+. The van der Waals surface area contributed by atoms with Crippen molar-refractivity contribution >= 4 is 12.0 Å². The number of amides is 1. The fraction of sp³-hybridized carbons (Fsp3) is 0.391. The smallest absolute Gasteiger partial charge is 0.254 e. The van der Waals surface area contributed by atoms with Gasteiger partial charge in [0.15, 0.2) is 11.5 Å². The summed E-state index contributed by atoms with van der Waals surface area (Å²) < 4.78 is 18.1. The number of hydrogen-bond donors (Lipinski definition) is 0. The lowest BCUT2D eigenvalue weighted by atomic mass is 10.1. The number of aromatic nitrogens is 1. The number of benzene rings is 1. The Bertz CT molecular complexity index is 988. The van der Waals surface area contributed by atoms with Crippen LogP contribution in [-0.2, 0) is 11.8 Å². The van der Waals surface area contributed by atoms with Crippen LogP contribution in [0.1, 0.15) is 24.1 Å². The van der Waals surface area contributed by atoms with Gasteiger partial charge in [0.1, 0.15) is 11.9 Å². The van der Waals surface area contributed by atoms with Gasteiger partial charge in [-0.05, 0) is 36.8 Å². The fourth-order valence-electron chi connectivity index (χ4n) is 3.42. The molecule has 1 aliphatic rings. The molecule has 2 heterocycles. The number of likely N-dealkylation sites (tertiary alicyclic amines) is 1. The minimum absolute atomic E-state index is 0.00427. The molecule has 1 fully saturated rings. The average molecular weight is 412 g/mol. The summed E-state index contributed by atoms with van der Waals surface area (Å²) >= 11 is 0. The monoisotopic (exact) mass is 412 g/mol. The molecule has 1 saturated heterocycles. The minimum atomic E-state index is -0.0853. The van der Waals surface area contributed by atoms with E-state index >= 15 is 0 Å². The number of aryl methyl sites for hydroxylation is 1. The van der Waals surface area contributed by atoms with Crippen LogP contribution in [0.5, 0.6) is 17.2 Å². The first-order valence-electron chi connectivity index (χ1n) is 9.94. The third-order valence-electron chi connectivity index (χ3n) is 5.36. The Hall–Kier alpha value is -3.22. The fourth-order valence-corrected chi connectivity index (χ4v) is 3.42. The van der Waals surface area contributed by atoms with E-state index in [0.717, 1.165) is 24.1 Å². The molecule has 0 bridgehead atoms. The number of piperidine rings is 1. The summed E-state index contributed by atoms with van der Waals surface area (Å²) in [7, 11) is 4.90. The van der Waals surface area contributed by atoms with Crippen LogP contribution >= 0.6 is 0 Å². The molecule has 7 nitrogen and oxygen atoms in total. The number of carbonyl (C=O) groups excluding carboxylic acids is 1. The van der Waals surface area contributed by atoms with Crippen LogP contribution in [0.15, 0.2) is 41.2 Å². The minimum Gasteiger partial charge on any atom is -0.493 e. The van der Waals surface area contributed by atoms with Crippen molar-refractivity contribution in [1.29, 1.82) is 0 Å². The largest absolute Gasteiger partial charge is 0.493 e. The summed E-state index contributed by atoms with van der Waals surface area (Å²) in [6, 6.07) is 8.89. The molecule has 0 radical (unpaired) electrons. The molecule has 0 spiro atoms. The Morgan fingerprint density at radius 3 is 2.40 bits per heavy atom. The number of rotatable bonds is 6. The Kier molecular flexibility index (Phi) is 6.82. The maximum Gasteiger partial charge on any atom is 0.254 e. The van der Waals surface area contributed by atoms with Crippen molar-refractivity contribution in [2.24, 2.45) is 7.05 Å². The van der Waals surface area contributed by atoms with Crippen molar-refractivity contribution < 1.29 is 19.0 Å². The summed E-state index contributed by atoms with van der Waals surface area (Å²) in [6.07, 6.45) is 4.80. The van der Waals surface area contributed by atoms with Gasteiger partial charge >= 0.3 is 0 Å². The van der Waals surface area contributed by atoms with Gasteiger partial charge in [0.05, 0.1) is 14.2 Å². The van der Waals surface area contributed by atoms with Crippen molar-refractivity contribution in [1.82, 2.24) is 9.47 Å². The molecule has 0 N–H and O–H groups in total. The lowest BCUT2D eigenvalue weighted by Crippen LogP contribution is -2.41. The highest BCUT2D eigenvalue weighted by atomic mass is 16.5. The highest BCUT2D eigenvalue weighted by Gasteiger charge is 2.23.